The number of nitrogens with zero attached hydrogens (tertiary/aromatic N) is 1. The predicted octanol–water partition coefficient (Wildman–Crippen LogP) is 2.29. The molecule has 12 heteroatoms. The number of fused-ring (bicyclic) bond motifs is 1. The maximum absolute atomic E-state index is 14.1. The van der Waals surface area contributed by atoms with Crippen LogP contribution in [0.1, 0.15) is 11.1 Å². The summed E-state index contributed by atoms with van der Waals surface area (Å²) in [5.41, 5.74) is 2.69. The number of ether oxygens (including phenoxy) is 5. The van der Waals surface area contributed by atoms with Crippen LogP contribution in [0.25, 0.3) is 10.9 Å². The number of aromatic nitrogens is 1. The lowest BCUT2D eigenvalue weighted by Gasteiger charge is -2.28. The predicted molar refractivity (Wildman–Crippen MR) is 158 cm³/mol. The Balaban J connectivity index is 1.52. The summed E-state index contributed by atoms with van der Waals surface area (Å²) in [5.74, 6) is -0.359. The maximum Gasteiger partial charge on any atom is 0.241 e. The van der Waals surface area contributed by atoms with Crippen molar-refractivity contribution in [2.24, 2.45) is 0 Å². The summed E-state index contributed by atoms with van der Waals surface area (Å²) in [6, 6.07) is 13.2. The van der Waals surface area contributed by atoms with Crippen molar-refractivity contribution in [2.45, 2.75) is 24.3 Å². The number of para-hydroxylation sites is 1. The quantitative estimate of drug-likeness (QED) is 0.439. The number of amides is 1. The Labute approximate surface area is 247 Å². The highest BCUT2D eigenvalue weighted by molar-refractivity contribution is 7.89. The van der Waals surface area contributed by atoms with Crippen LogP contribution < -0.4 is 4.72 Å². The minimum atomic E-state index is -3.99. The van der Waals surface area contributed by atoms with Gasteiger partial charge in [-0.1, -0.05) is 35.9 Å². The number of aromatic amines is 1. The second kappa shape index (κ2) is 16.7. The highest BCUT2D eigenvalue weighted by Gasteiger charge is 2.30. The third-order valence-electron chi connectivity index (χ3n) is 6.84. The van der Waals surface area contributed by atoms with E-state index in [1.807, 2.05) is 37.4 Å². The van der Waals surface area contributed by atoms with Crippen LogP contribution in [0, 0.1) is 6.92 Å². The van der Waals surface area contributed by atoms with Gasteiger partial charge in [0.05, 0.1) is 71.0 Å². The fourth-order valence-corrected chi connectivity index (χ4v) is 5.75. The second-order valence-corrected chi connectivity index (χ2v) is 11.7. The van der Waals surface area contributed by atoms with Crippen LogP contribution in [0.3, 0.4) is 0 Å². The average Bonchev–Trinajstić information content (AvgIpc) is 3.39. The molecular formula is C30H41N3O8S. The summed E-state index contributed by atoms with van der Waals surface area (Å²) < 4.78 is 57.5. The van der Waals surface area contributed by atoms with E-state index in [-0.39, 0.29) is 43.5 Å². The van der Waals surface area contributed by atoms with Crippen LogP contribution in [0.15, 0.2) is 59.6 Å². The number of rotatable bonds is 6. The molecule has 2 heterocycles. The highest BCUT2D eigenvalue weighted by atomic mass is 32.2. The molecule has 230 valence electrons. The number of aryl methyl sites for hydroxylation is 1. The molecule has 1 saturated heterocycles. The molecule has 0 bridgehead atoms. The molecule has 1 aliphatic heterocycles. The number of carbonyl (C=O) groups is 1. The summed E-state index contributed by atoms with van der Waals surface area (Å²) >= 11 is 0. The van der Waals surface area contributed by atoms with E-state index >= 15 is 0 Å². The summed E-state index contributed by atoms with van der Waals surface area (Å²) in [5, 5.41) is 0.932. The monoisotopic (exact) mass is 603 g/mol. The Morgan fingerprint density at radius 1 is 0.810 bits per heavy atom. The first kappa shape index (κ1) is 32.1. The number of H-pyrrole nitrogens is 1. The molecule has 2 aromatic carbocycles. The molecule has 4 rings (SSSR count). The Bertz CT molecular complexity index is 1330. The molecular weight excluding hydrogens is 562 g/mol. The number of benzene rings is 2. The number of hydrogen-bond acceptors (Lipinski definition) is 8. The van der Waals surface area contributed by atoms with Gasteiger partial charge >= 0.3 is 0 Å². The van der Waals surface area contributed by atoms with Gasteiger partial charge in [0.25, 0.3) is 0 Å². The Kier molecular flexibility index (Phi) is 12.8. The van der Waals surface area contributed by atoms with Crippen LogP contribution >= 0.6 is 0 Å². The Morgan fingerprint density at radius 3 is 1.90 bits per heavy atom. The van der Waals surface area contributed by atoms with E-state index in [0.29, 0.717) is 52.9 Å². The standard InChI is InChI=1S/C30H41N3O8S/c1-24-6-8-26(9-7-24)42(35,36)32-29(22-25-23-31-28-5-3-2-4-27(25)28)30(34)33-10-12-37-14-16-39-18-20-41-21-19-40-17-15-38-13-11-33/h2-9,23,29,31-32H,10-22H2,1H3. The number of nitrogens with one attached hydrogen (secondary N) is 2. The van der Waals surface area contributed by atoms with Crippen LogP contribution in [0.4, 0.5) is 0 Å². The third-order valence-corrected chi connectivity index (χ3v) is 8.32. The third kappa shape index (κ3) is 9.87. The summed E-state index contributed by atoms with van der Waals surface area (Å²) in [6.07, 6.45) is 1.98. The van der Waals surface area contributed by atoms with Crippen molar-refractivity contribution >= 4 is 26.8 Å². The molecule has 1 aromatic heterocycles. The first-order valence-electron chi connectivity index (χ1n) is 14.3. The van der Waals surface area contributed by atoms with Gasteiger partial charge in [-0.2, -0.15) is 4.72 Å². The zero-order valence-corrected chi connectivity index (χ0v) is 24.9. The van der Waals surface area contributed by atoms with Gasteiger partial charge in [0.2, 0.25) is 15.9 Å². The van der Waals surface area contributed by atoms with Crippen LogP contribution in [0.5, 0.6) is 0 Å². The second-order valence-electron chi connectivity index (χ2n) is 9.94. The zero-order chi connectivity index (χ0) is 29.6. The molecule has 0 radical (unpaired) electrons. The van der Waals surface area contributed by atoms with E-state index in [1.165, 1.54) is 0 Å². The fraction of sp³-hybridized carbons (Fsp3) is 0.500. The van der Waals surface area contributed by atoms with Gasteiger partial charge in [-0.15, -0.1) is 0 Å². The van der Waals surface area contributed by atoms with Crippen molar-refractivity contribution in [3.8, 4) is 0 Å². The molecule has 0 saturated carbocycles. The summed E-state index contributed by atoms with van der Waals surface area (Å²) in [7, 11) is -3.99. The fourth-order valence-electron chi connectivity index (χ4n) is 4.56. The first-order chi connectivity index (χ1) is 20.4. The van der Waals surface area contributed by atoms with Crippen molar-refractivity contribution in [1.82, 2.24) is 14.6 Å². The van der Waals surface area contributed by atoms with Gasteiger partial charge in [0, 0.05) is 30.2 Å². The molecule has 1 unspecified atom stereocenters. The lowest BCUT2D eigenvalue weighted by molar-refractivity contribution is -0.134. The van der Waals surface area contributed by atoms with Crippen LogP contribution in [-0.4, -0.2) is 109 Å². The van der Waals surface area contributed by atoms with E-state index in [0.717, 1.165) is 22.0 Å². The summed E-state index contributed by atoms with van der Waals surface area (Å²) in [6.45, 7) is 6.30. The lowest BCUT2D eigenvalue weighted by atomic mass is 10.0. The SMILES string of the molecule is Cc1ccc(S(=O)(=O)NC(Cc2c[nH]c3ccccc23)C(=O)N2CCOCCOCCOCCOCCOCC2)cc1. The van der Waals surface area contributed by atoms with E-state index < -0.39 is 16.1 Å². The van der Waals surface area contributed by atoms with E-state index in [9.17, 15) is 13.2 Å². The normalized spacial score (nSPS) is 18.3. The minimum Gasteiger partial charge on any atom is -0.377 e. The van der Waals surface area contributed by atoms with Gasteiger partial charge in [0.15, 0.2) is 0 Å². The van der Waals surface area contributed by atoms with Gasteiger partial charge in [-0.05, 0) is 37.1 Å². The molecule has 0 spiro atoms. The van der Waals surface area contributed by atoms with E-state index in [2.05, 4.69) is 9.71 Å². The van der Waals surface area contributed by atoms with Crippen molar-refractivity contribution < 1.29 is 36.9 Å². The van der Waals surface area contributed by atoms with Crippen molar-refractivity contribution in [2.75, 3.05) is 79.2 Å². The topological polar surface area (TPSA) is 128 Å². The lowest BCUT2D eigenvalue weighted by Crippen LogP contribution is -2.51. The van der Waals surface area contributed by atoms with Gasteiger partial charge in [-0.25, -0.2) is 8.42 Å². The Hall–Kier alpha value is -2.84. The van der Waals surface area contributed by atoms with Gasteiger partial charge < -0.3 is 33.6 Å². The minimum absolute atomic E-state index is 0.0987. The largest absolute Gasteiger partial charge is 0.377 e. The molecule has 3 aromatic rings. The van der Waals surface area contributed by atoms with Crippen molar-refractivity contribution in [3.63, 3.8) is 0 Å². The number of hydrogen-bond donors (Lipinski definition) is 2. The van der Waals surface area contributed by atoms with Crippen molar-refractivity contribution in [1.29, 1.82) is 0 Å². The van der Waals surface area contributed by atoms with E-state index in [1.54, 1.807) is 29.2 Å². The summed E-state index contributed by atoms with van der Waals surface area (Å²) in [4.78, 5) is 19.0. The zero-order valence-electron chi connectivity index (χ0n) is 24.1. The molecule has 42 heavy (non-hydrogen) atoms. The number of sulfonamides is 1. The van der Waals surface area contributed by atoms with Gasteiger partial charge in [0.1, 0.15) is 6.04 Å². The van der Waals surface area contributed by atoms with Crippen LogP contribution in [0.2, 0.25) is 0 Å². The van der Waals surface area contributed by atoms with Crippen molar-refractivity contribution in [3.05, 3.63) is 65.9 Å². The molecule has 1 amide bonds. The van der Waals surface area contributed by atoms with Gasteiger partial charge in [-0.3, -0.25) is 4.79 Å². The molecule has 1 aliphatic rings. The highest BCUT2D eigenvalue weighted by Crippen LogP contribution is 2.21. The first-order valence-corrected chi connectivity index (χ1v) is 15.7. The molecule has 1 fully saturated rings. The molecule has 0 aliphatic carbocycles. The molecule has 2 N–H and O–H groups in total. The number of carbonyl (C=O) groups excluding carboxylic acids is 1. The molecule has 1 atom stereocenters. The maximum atomic E-state index is 14.1. The van der Waals surface area contributed by atoms with Crippen LogP contribution in [-0.2, 0) is 44.9 Å². The average molecular weight is 604 g/mol. The Morgan fingerprint density at radius 2 is 1.33 bits per heavy atom. The van der Waals surface area contributed by atoms with E-state index in [4.69, 9.17) is 23.7 Å². The smallest absolute Gasteiger partial charge is 0.241 e. The molecule has 11 nitrogen and oxygen atoms in total.